The van der Waals surface area contributed by atoms with Crippen LogP contribution in [-0.2, 0) is 0 Å². The first-order valence-corrected chi connectivity index (χ1v) is 6.91. The van der Waals surface area contributed by atoms with E-state index in [4.69, 9.17) is 9.47 Å². The lowest BCUT2D eigenvalue weighted by molar-refractivity contribution is 0.0942. The molecule has 1 aromatic rings. The van der Waals surface area contributed by atoms with E-state index >= 15 is 0 Å². The first-order chi connectivity index (χ1) is 9.26. The van der Waals surface area contributed by atoms with Gasteiger partial charge in [0, 0.05) is 12.1 Å². The Hall–Kier alpha value is -1.55. The summed E-state index contributed by atoms with van der Waals surface area (Å²) in [6, 6.07) is 5.43. The Kier molecular flexibility index (Phi) is 3.42. The van der Waals surface area contributed by atoms with Crippen LogP contribution in [0.2, 0.25) is 0 Å². The zero-order valence-corrected chi connectivity index (χ0v) is 11.2. The molecule has 2 heterocycles. The molecule has 0 aliphatic carbocycles. The third-order valence-electron chi connectivity index (χ3n) is 4.01. The summed E-state index contributed by atoms with van der Waals surface area (Å²) in [4.78, 5) is 14.5. The standard InChI is InChI=1S/C15H19NO3/c1-2-11-5-6-16(8-11)9-13(17)12-3-4-14-15(7-12)19-10-18-14/h3-4,7,11H,2,5-6,8-10H2,1H3. The molecule has 1 atom stereocenters. The monoisotopic (exact) mass is 261 g/mol. The number of carbonyl (C=O) groups is 1. The summed E-state index contributed by atoms with van der Waals surface area (Å²) in [6.45, 7) is 5.06. The first kappa shape index (κ1) is 12.5. The fourth-order valence-electron chi connectivity index (χ4n) is 2.75. The summed E-state index contributed by atoms with van der Waals surface area (Å²) in [5.41, 5.74) is 0.712. The highest BCUT2D eigenvalue weighted by molar-refractivity contribution is 5.98. The van der Waals surface area contributed by atoms with Gasteiger partial charge in [-0.25, -0.2) is 0 Å². The third kappa shape index (κ3) is 2.59. The molecule has 0 saturated carbocycles. The molecule has 0 spiro atoms. The van der Waals surface area contributed by atoms with E-state index in [1.807, 2.05) is 12.1 Å². The summed E-state index contributed by atoms with van der Waals surface area (Å²) in [6.07, 6.45) is 2.42. The molecule has 0 bridgehead atoms. The second kappa shape index (κ2) is 5.21. The maximum Gasteiger partial charge on any atom is 0.231 e. The normalized spacial score (nSPS) is 21.8. The summed E-state index contributed by atoms with van der Waals surface area (Å²) in [5.74, 6) is 2.32. The van der Waals surface area contributed by atoms with Crippen molar-refractivity contribution in [3.63, 3.8) is 0 Å². The fraction of sp³-hybridized carbons (Fsp3) is 0.533. The lowest BCUT2D eigenvalue weighted by Gasteiger charge is -2.14. The summed E-state index contributed by atoms with van der Waals surface area (Å²) < 4.78 is 10.6. The van der Waals surface area contributed by atoms with Crippen molar-refractivity contribution in [3.8, 4) is 11.5 Å². The van der Waals surface area contributed by atoms with Crippen molar-refractivity contribution in [1.29, 1.82) is 0 Å². The van der Waals surface area contributed by atoms with Crippen molar-refractivity contribution in [2.75, 3.05) is 26.4 Å². The van der Waals surface area contributed by atoms with Crippen molar-refractivity contribution in [1.82, 2.24) is 4.90 Å². The Bertz CT molecular complexity index is 486. The van der Waals surface area contributed by atoms with Crippen molar-refractivity contribution < 1.29 is 14.3 Å². The van der Waals surface area contributed by atoms with Crippen LogP contribution < -0.4 is 9.47 Å². The molecule has 2 aliphatic heterocycles. The molecule has 102 valence electrons. The van der Waals surface area contributed by atoms with Gasteiger partial charge in [0.05, 0.1) is 6.54 Å². The Labute approximate surface area is 113 Å². The number of Topliss-reactive ketones (excluding diaryl/α,β-unsaturated/α-hetero) is 1. The topological polar surface area (TPSA) is 38.8 Å². The maximum absolute atomic E-state index is 12.3. The number of benzene rings is 1. The molecule has 4 nitrogen and oxygen atoms in total. The SMILES string of the molecule is CCC1CCN(CC(=O)c2ccc3c(c2)OCO3)C1. The molecule has 3 rings (SSSR count). The average Bonchev–Trinajstić information content (AvgIpc) is 3.05. The highest BCUT2D eigenvalue weighted by Crippen LogP contribution is 2.32. The summed E-state index contributed by atoms with van der Waals surface area (Å²) >= 11 is 0. The van der Waals surface area contributed by atoms with Crippen LogP contribution in [0.15, 0.2) is 18.2 Å². The average molecular weight is 261 g/mol. The molecule has 0 amide bonds. The highest BCUT2D eigenvalue weighted by Gasteiger charge is 2.24. The molecule has 1 fully saturated rings. The second-order valence-corrected chi connectivity index (χ2v) is 5.29. The molecular weight excluding hydrogens is 242 g/mol. The highest BCUT2D eigenvalue weighted by atomic mass is 16.7. The van der Waals surface area contributed by atoms with E-state index in [0.717, 1.165) is 24.8 Å². The molecule has 2 aliphatic rings. The number of ketones is 1. The zero-order chi connectivity index (χ0) is 13.2. The molecule has 1 unspecified atom stereocenters. The van der Waals surface area contributed by atoms with E-state index in [0.29, 0.717) is 17.9 Å². The van der Waals surface area contributed by atoms with Gasteiger partial charge in [-0.2, -0.15) is 0 Å². The van der Waals surface area contributed by atoms with Gasteiger partial charge >= 0.3 is 0 Å². The predicted octanol–water partition coefficient (Wildman–Crippen LogP) is 2.33. The van der Waals surface area contributed by atoms with Crippen molar-refractivity contribution in [2.24, 2.45) is 5.92 Å². The Morgan fingerprint density at radius 2 is 2.21 bits per heavy atom. The number of rotatable bonds is 4. The van der Waals surface area contributed by atoms with Crippen LogP contribution >= 0.6 is 0 Å². The van der Waals surface area contributed by atoms with Crippen molar-refractivity contribution in [3.05, 3.63) is 23.8 Å². The number of likely N-dealkylation sites (tertiary alicyclic amines) is 1. The van der Waals surface area contributed by atoms with Crippen LogP contribution in [-0.4, -0.2) is 37.1 Å². The molecule has 0 radical (unpaired) electrons. The minimum Gasteiger partial charge on any atom is -0.454 e. The van der Waals surface area contributed by atoms with E-state index in [1.54, 1.807) is 6.07 Å². The van der Waals surface area contributed by atoms with Gasteiger partial charge in [-0.1, -0.05) is 13.3 Å². The maximum atomic E-state index is 12.3. The largest absolute Gasteiger partial charge is 0.454 e. The van der Waals surface area contributed by atoms with E-state index in [2.05, 4.69) is 11.8 Å². The van der Waals surface area contributed by atoms with Gasteiger partial charge in [0.2, 0.25) is 6.79 Å². The lowest BCUT2D eigenvalue weighted by atomic mass is 10.1. The number of fused-ring (bicyclic) bond motifs is 1. The van der Waals surface area contributed by atoms with Crippen LogP contribution in [0.25, 0.3) is 0 Å². The minimum absolute atomic E-state index is 0.162. The van der Waals surface area contributed by atoms with E-state index in [-0.39, 0.29) is 12.6 Å². The zero-order valence-electron chi connectivity index (χ0n) is 11.2. The Morgan fingerprint density at radius 3 is 3.00 bits per heavy atom. The fourth-order valence-corrected chi connectivity index (χ4v) is 2.75. The number of hydrogen-bond donors (Lipinski definition) is 0. The molecule has 19 heavy (non-hydrogen) atoms. The number of nitrogens with zero attached hydrogens (tertiary/aromatic N) is 1. The molecule has 0 aromatic heterocycles. The Morgan fingerprint density at radius 1 is 1.37 bits per heavy atom. The number of hydrogen-bond acceptors (Lipinski definition) is 4. The molecular formula is C15H19NO3. The number of carbonyl (C=O) groups excluding carboxylic acids is 1. The third-order valence-corrected chi connectivity index (χ3v) is 4.01. The smallest absolute Gasteiger partial charge is 0.231 e. The van der Waals surface area contributed by atoms with Crippen LogP contribution in [0.4, 0.5) is 0 Å². The molecule has 1 saturated heterocycles. The van der Waals surface area contributed by atoms with E-state index < -0.39 is 0 Å². The van der Waals surface area contributed by atoms with Crippen LogP contribution in [0.5, 0.6) is 11.5 Å². The minimum atomic E-state index is 0.162. The van der Waals surface area contributed by atoms with Gasteiger partial charge in [0.15, 0.2) is 17.3 Å². The lowest BCUT2D eigenvalue weighted by Crippen LogP contribution is -2.27. The van der Waals surface area contributed by atoms with Crippen molar-refractivity contribution in [2.45, 2.75) is 19.8 Å². The molecule has 4 heteroatoms. The van der Waals surface area contributed by atoms with Gasteiger partial charge in [0.25, 0.3) is 0 Å². The summed E-state index contributed by atoms with van der Waals surface area (Å²) in [5, 5.41) is 0. The van der Waals surface area contributed by atoms with Crippen LogP contribution in [0.1, 0.15) is 30.1 Å². The predicted molar refractivity (Wildman–Crippen MR) is 71.7 cm³/mol. The second-order valence-electron chi connectivity index (χ2n) is 5.29. The van der Waals surface area contributed by atoms with E-state index in [9.17, 15) is 4.79 Å². The van der Waals surface area contributed by atoms with Gasteiger partial charge in [0.1, 0.15) is 0 Å². The van der Waals surface area contributed by atoms with Crippen LogP contribution in [0.3, 0.4) is 0 Å². The van der Waals surface area contributed by atoms with Gasteiger partial charge in [-0.15, -0.1) is 0 Å². The molecule has 1 aromatic carbocycles. The van der Waals surface area contributed by atoms with Gasteiger partial charge in [-0.3, -0.25) is 9.69 Å². The van der Waals surface area contributed by atoms with Gasteiger partial charge in [-0.05, 0) is 37.1 Å². The van der Waals surface area contributed by atoms with Gasteiger partial charge < -0.3 is 9.47 Å². The first-order valence-electron chi connectivity index (χ1n) is 6.91. The molecule has 0 N–H and O–H groups in total. The summed E-state index contributed by atoms with van der Waals surface area (Å²) in [7, 11) is 0. The van der Waals surface area contributed by atoms with Crippen LogP contribution in [0, 0.1) is 5.92 Å². The Balaban J connectivity index is 1.64. The quantitative estimate of drug-likeness (QED) is 0.780. The van der Waals surface area contributed by atoms with E-state index in [1.165, 1.54) is 12.8 Å². The van der Waals surface area contributed by atoms with Crippen molar-refractivity contribution >= 4 is 5.78 Å². The number of ether oxygens (including phenoxy) is 2.